The fourth-order valence-corrected chi connectivity index (χ4v) is 7.84. The van der Waals surface area contributed by atoms with E-state index < -0.39 is 0 Å². The lowest BCUT2D eigenvalue weighted by Gasteiger charge is -2.10. The Morgan fingerprint density at radius 2 is 0.911 bits per heavy atom. The zero-order valence-electron chi connectivity index (χ0n) is 30.0. The molecule has 0 saturated heterocycles. The van der Waals surface area contributed by atoms with E-state index in [1.54, 1.807) is 0 Å². The van der Waals surface area contributed by atoms with Gasteiger partial charge in [-0.25, -0.2) is 19.9 Å². The van der Waals surface area contributed by atoms with E-state index in [1.807, 2.05) is 72.8 Å². The Balaban J connectivity index is 1.02. The van der Waals surface area contributed by atoms with Crippen molar-refractivity contribution in [3.8, 4) is 62.4 Å². The molecule has 8 aromatic carbocycles. The Kier molecular flexibility index (Phi) is 7.38. The third-order valence-corrected chi connectivity index (χ3v) is 10.4. The second-order valence-electron chi connectivity index (χ2n) is 13.9. The zero-order chi connectivity index (χ0) is 37.0. The van der Waals surface area contributed by atoms with Crippen molar-refractivity contribution in [3.63, 3.8) is 0 Å². The van der Waals surface area contributed by atoms with E-state index in [4.69, 9.17) is 24.4 Å². The third kappa shape index (κ3) is 5.35. The van der Waals surface area contributed by atoms with Gasteiger partial charge < -0.3 is 8.98 Å². The van der Waals surface area contributed by atoms with Crippen LogP contribution in [-0.4, -0.2) is 24.5 Å². The lowest BCUT2D eigenvalue weighted by molar-refractivity contribution is 0.623. The van der Waals surface area contributed by atoms with E-state index in [0.717, 1.165) is 77.4 Å². The maximum Gasteiger partial charge on any atom is 0.227 e. The van der Waals surface area contributed by atoms with Gasteiger partial charge in [0.1, 0.15) is 5.52 Å². The standard InChI is InChI=1S/C50H31N5O/c1-4-14-33(15-5-1)47-52-48(34-16-6-2-7-17-34)54-49(53-47)37-20-12-18-35(30-37)36-19-13-21-38(31-36)50-51-41-28-26-32-27-29-43-45(44(32)46(41)56-50)40-24-10-11-25-42(40)55(43)39-22-8-3-9-23-39/h1-31H. The first-order chi connectivity index (χ1) is 27.7. The number of para-hydroxylation sites is 2. The van der Waals surface area contributed by atoms with Gasteiger partial charge in [-0.15, -0.1) is 0 Å². The fraction of sp³-hybridized carbons (Fsp3) is 0. The van der Waals surface area contributed by atoms with E-state index in [2.05, 4.69) is 120 Å². The van der Waals surface area contributed by atoms with Crippen molar-refractivity contribution < 1.29 is 4.42 Å². The van der Waals surface area contributed by atoms with Crippen LogP contribution in [0.2, 0.25) is 0 Å². The van der Waals surface area contributed by atoms with Crippen LogP contribution in [0, 0.1) is 0 Å². The number of benzene rings is 8. The predicted octanol–water partition coefficient (Wildman–Crippen LogP) is 12.6. The number of nitrogens with zero attached hydrogens (tertiary/aromatic N) is 5. The molecule has 0 bridgehead atoms. The molecule has 0 unspecified atom stereocenters. The highest BCUT2D eigenvalue weighted by Crippen LogP contribution is 2.41. The Morgan fingerprint density at radius 3 is 1.61 bits per heavy atom. The molecule has 11 aromatic rings. The summed E-state index contributed by atoms with van der Waals surface area (Å²) in [7, 11) is 0. The van der Waals surface area contributed by atoms with E-state index in [0.29, 0.717) is 23.4 Å². The van der Waals surface area contributed by atoms with Crippen LogP contribution in [-0.2, 0) is 0 Å². The van der Waals surface area contributed by atoms with Gasteiger partial charge in [0, 0.05) is 44.1 Å². The Morgan fingerprint density at radius 1 is 0.375 bits per heavy atom. The van der Waals surface area contributed by atoms with Gasteiger partial charge in [-0.2, -0.15) is 0 Å². The van der Waals surface area contributed by atoms with Gasteiger partial charge in [-0.1, -0.05) is 140 Å². The summed E-state index contributed by atoms with van der Waals surface area (Å²) in [6.07, 6.45) is 0. The molecule has 0 fully saturated rings. The van der Waals surface area contributed by atoms with Crippen LogP contribution in [0.4, 0.5) is 0 Å². The molecule has 262 valence electrons. The quantitative estimate of drug-likeness (QED) is 0.171. The van der Waals surface area contributed by atoms with Crippen molar-refractivity contribution in [2.24, 2.45) is 0 Å². The van der Waals surface area contributed by atoms with Gasteiger partial charge in [0.2, 0.25) is 5.89 Å². The number of hydrogen-bond acceptors (Lipinski definition) is 5. The number of aromatic nitrogens is 5. The maximum atomic E-state index is 6.79. The first kappa shape index (κ1) is 31.8. The first-order valence-electron chi connectivity index (χ1n) is 18.6. The molecule has 6 heteroatoms. The Bertz CT molecular complexity index is 3190. The van der Waals surface area contributed by atoms with Gasteiger partial charge in [-0.3, -0.25) is 0 Å². The van der Waals surface area contributed by atoms with Gasteiger partial charge in [0.05, 0.1) is 11.0 Å². The molecule has 6 nitrogen and oxygen atoms in total. The van der Waals surface area contributed by atoms with E-state index in [1.165, 1.54) is 5.39 Å². The van der Waals surface area contributed by atoms with E-state index in [9.17, 15) is 0 Å². The molecule has 56 heavy (non-hydrogen) atoms. The normalized spacial score (nSPS) is 11.6. The average molecular weight is 718 g/mol. The van der Waals surface area contributed by atoms with Crippen molar-refractivity contribution in [2.45, 2.75) is 0 Å². The van der Waals surface area contributed by atoms with Gasteiger partial charge in [-0.05, 0) is 65.0 Å². The summed E-state index contributed by atoms with van der Waals surface area (Å²) in [6.45, 7) is 0. The first-order valence-corrected chi connectivity index (χ1v) is 18.6. The Hall–Kier alpha value is -7.70. The van der Waals surface area contributed by atoms with Crippen molar-refractivity contribution in [1.29, 1.82) is 0 Å². The molecule has 0 radical (unpaired) electrons. The van der Waals surface area contributed by atoms with Crippen LogP contribution in [0.5, 0.6) is 0 Å². The van der Waals surface area contributed by atoms with Crippen LogP contribution in [0.15, 0.2) is 192 Å². The molecule has 11 rings (SSSR count). The number of rotatable bonds is 6. The topological polar surface area (TPSA) is 69.6 Å². The molecular weight excluding hydrogens is 687 g/mol. The van der Waals surface area contributed by atoms with Crippen LogP contribution in [0.1, 0.15) is 0 Å². The number of oxazole rings is 1. The monoisotopic (exact) mass is 717 g/mol. The predicted molar refractivity (Wildman–Crippen MR) is 226 cm³/mol. The van der Waals surface area contributed by atoms with E-state index >= 15 is 0 Å². The molecule has 3 aromatic heterocycles. The molecule has 0 amide bonds. The average Bonchev–Trinajstić information content (AvgIpc) is 3.87. The summed E-state index contributed by atoms with van der Waals surface area (Å²) in [5.41, 5.74) is 10.7. The number of fused-ring (bicyclic) bond motifs is 7. The molecule has 0 N–H and O–H groups in total. The van der Waals surface area contributed by atoms with Crippen LogP contribution in [0.25, 0.3) is 106 Å². The molecular formula is C50H31N5O. The molecule has 0 saturated carbocycles. The largest absolute Gasteiger partial charge is 0.435 e. The summed E-state index contributed by atoms with van der Waals surface area (Å²) < 4.78 is 9.12. The van der Waals surface area contributed by atoms with Crippen molar-refractivity contribution in [1.82, 2.24) is 24.5 Å². The third-order valence-electron chi connectivity index (χ3n) is 10.4. The second-order valence-corrected chi connectivity index (χ2v) is 13.9. The van der Waals surface area contributed by atoms with Crippen LogP contribution < -0.4 is 0 Å². The van der Waals surface area contributed by atoms with Crippen molar-refractivity contribution >= 4 is 43.7 Å². The van der Waals surface area contributed by atoms with Gasteiger partial charge >= 0.3 is 0 Å². The lowest BCUT2D eigenvalue weighted by atomic mass is 10.0. The highest BCUT2D eigenvalue weighted by molar-refractivity contribution is 6.27. The summed E-state index contributed by atoms with van der Waals surface area (Å²) in [5, 5.41) is 4.51. The minimum absolute atomic E-state index is 0.576. The smallest absolute Gasteiger partial charge is 0.227 e. The van der Waals surface area contributed by atoms with E-state index in [-0.39, 0.29) is 0 Å². The molecule has 0 aliphatic rings. The molecule has 3 heterocycles. The van der Waals surface area contributed by atoms with Gasteiger partial charge in [0.25, 0.3) is 0 Å². The SMILES string of the molecule is c1ccc(-c2nc(-c3ccccc3)nc(-c3cccc(-c4cccc(-c5nc6ccc7ccc8c(c9ccccc9n8-c8ccccc8)c7c6o5)c4)c3)n2)cc1. The maximum absolute atomic E-state index is 6.79. The summed E-state index contributed by atoms with van der Waals surface area (Å²) >= 11 is 0. The summed E-state index contributed by atoms with van der Waals surface area (Å²) in [6, 6.07) is 64.5. The summed E-state index contributed by atoms with van der Waals surface area (Å²) in [4.78, 5) is 19.8. The molecule has 0 aliphatic carbocycles. The number of hydrogen-bond donors (Lipinski definition) is 0. The second kappa shape index (κ2) is 13.0. The molecule has 0 aliphatic heterocycles. The lowest BCUT2D eigenvalue weighted by Crippen LogP contribution is -2.00. The van der Waals surface area contributed by atoms with Crippen molar-refractivity contribution in [3.05, 3.63) is 188 Å². The highest BCUT2D eigenvalue weighted by Gasteiger charge is 2.20. The summed E-state index contributed by atoms with van der Waals surface area (Å²) in [5.74, 6) is 2.45. The van der Waals surface area contributed by atoms with Crippen LogP contribution in [0.3, 0.4) is 0 Å². The minimum atomic E-state index is 0.576. The fourth-order valence-electron chi connectivity index (χ4n) is 7.84. The van der Waals surface area contributed by atoms with Gasteiger partial charge in [0.15, 0.2) is 23.1 Å². The minimum Gasteiger partial charge on any atom is -0.435 e. The molecule has 0 atom stereocenters. The Labute approximate surface area is 322 Å². The molecule has 0 spiro atoms. The zero-order valence-corrected chi connectivity index (χ0v) is 30.0. The van der Waals surface area contributed by atoms with Crippen LogP contribution >= 0.6 is 0 Å². The highest BCUT2D eigenvalue weighted by atomic mass is 16.3. The van der Waals surface area contributed by atoms with Crippen molar-refractivity contribution in [2.75, 3.05) is 0 Å².